The number of aromatic nitrogens is 3. The van der Waals surface area contributed by atoms with E-state index in [1.165, 1.54) is 0 Å². The summed E-state index contributed by atoms with van der Waals surface area (Å²) in [7, 11) is 1.91. The molecule has 0 amide bonds. The van der Waals surface area contributed by atoms with Crippen LogP contribution in [0.25, 0.3) is 0 Å². The van der Waals surface area contributed by atoms with Crippen molar-refractivity contribution in [3.8, 4) is 0 Å². The highest BCUT2D eigenvalue weighted by Gasteiger charge is 1.99. The summed E-state index contributed by atoms with van der Waals surface area (Å²) in [6, 6.07) is 5.94. The fourth-order valence-electron chi connectivity index (χ4n) is 1.64. The molecule has 0 saturated carbocycles. The Hall–Kier alpha value is -2.04. The van der Waals surface area contributed by atoms with Gasteiger partial charge in [0.25, 0.3) is 0 Å². The van der Waals surface area contributed by atoms with E-state index in [1.54, 1.807) is 4.68 Å². The van der Waals surface area contributed by atoms with Gasteiger partial charge in [0.1, 0.15) is 11.6 Å². The molecule has 0 bridgehead atoms. The maximum absolute atomic E-state index is 4.48. The molecule has 2 aromatic heterocycles. The summed E-state index contributed by atoms with van der Waals surface area (Å²) < 4.78 is 1.80. The number of anilines is 2. The molecular weight excluding hydrogens is 226 g/mol. The van der Waals surface area contributed by atoms with Crippen LogP contribution in [-0.4, -0.2) is 21.3 Å². The molecule has 96 valence electrons. The molecule has 2 aromatic rings. The summed E-state index contributed by atoms with van der Waals surface area (Å²) >= 11 is 0. The molecule has 0 aliphatic carbocycles. The number of aryl methyl sites for hydroxylation is 1. The zero-order valence-corrected chi connectivity index (χ0v) is 10.8. The molecule has 5 nitrogen and oxygen atoms in total. The molecule has 0 aliphatic heterocycles. The molecule has 0 aliphatic rings. The molecule has 0 fully saturated rings. The van der Waals surface area contributed by atoms with Gasteiger partial charge in [-0.2, -0.15) is 5.10 Å². The van der Waals surface area contributed by atoms with Crippen molar-refractivity contribution in [3.63, 3.8) is 0 Å². The van der Waals surface area contributed by atoms with Gasteiger partial charge in [0, 0.05) is 31.9 Å². The average Bonchev–Trinajstić information content (AvgIpc) is 2.80. The Morgan fingerprint density at radius 1 is 1.22 bits per heavy atom. The van der Waals surface area contributed by atoms with Crippen LogP contribution in [0.3, 0.4) is 0 Å². The van der Waals surface area contributed by atoms with E-state index in [9.17, 15) is 0 Å². The molecule has 5 heteroatoms. The first-order valence-electron chi connectivity index (χ1n) is 6.20. The topological polar surface area (TPSA) is 54.8 Å². The molecule has 2 heterocycles. The number of rotatable bonds is 6. The molecule has 2 N–H and O–H groups in total. The third kappa shape index (κ3) is 3.48. The van der Waals surface area contributed by atoms with Gasteiger partial charge in [-0.05, 0) is 18.6 Å². The highest BCUT2D eigenvalue weighted by atomic mass is 15.2. The Balaban J connectivity index is 1.92. The molecule has 0 radical (unpaired) electrons. The van der Waals surface area contributed by atoms with E-state index < -0.39 is 0 Å². The molecule has 0 unspecified atom stereocenters. The highest BCUT2D eigenvalue weighted by molar-refractivity contribution is 5.45. The normalized spacial score (nSPS) is 10.3. The first kappa shape index (κ1) is 12.4. The van der Waals surface area contributed by atoms with Crippen molar-refractivity contribution >= 4 is 11.6 Å². The SMILES string of the molecule is CCCNc1cccc(NCc2cnn(C)c2)n1. The van der Waals surface area contributed by atoms with Gasteiger partial charge >= 0.3 is 0 Å². The summed E-state index contributed by atoms with van der Waals surface area (Å²) in [6.45, 7) is 3.81. The van der Waals surface area contributed by atoms with E-state index in [0.717, 1.165) is 36.7 Å². The van der Waals surface area contributed by atoms with Gasteiger partial charge < -0.3 is 10.6 Å². The van der Waals surface area contributed by atoms with Crippen molar-refractivity contribution in [2.45, 2.75) is 19.9 Å². The Bertz CT molecular complexity index is 492. The van der Waals surface area contributed by atoms with Gasteiger partial charge in [-0.3, -0.25) is 4.68 Å². The van der Waals surface area contributed by atoms with Crippen LogP contribution in [0.2, 0.25) is 0 Å². The minimum absolute atomic E-state index is 0.734. The Morgan fingerprint density at radius 3 is 2.67 bits per heavy atom. The van der Waals surface area contributed by atoms with Gasteiger partial charge in [-0.15, -0.1) is 0 Å². The standard InChI is InChI=1S/C13H19N5/c1-3-7-14-12-5-4-6-13(17-12)15-8-11-9-16-18(2)10-11/h4-6,9-10H,3,7-8H2,1-2H3,(H2,14,15,17). The third-order valence-electron chi connectivity index (χ3n) is 2.54. The number of pyridine rings is 1. The summed E-state index contributed by atoms with van der Waals surface area (Å²) in [5, 5.41) is 10.7. The molecule has 0 atom stereocenters. The van der Waals surface area contributed by atoms with Crippen LogP contribution < -0.4 is 10.6 Å². The molecule has 0 saturated heterocycles. The van der Waals surface area contributed by atoms with Crippen LogP contribution in [0.4, 0.5) is 11.6 Å². The van der Waals surface area contributed by atoms with Crippen molar-refractivity contribution in [1.82, 2.24) is 14.8 Å². The fourth-order valence-corrected chi connectivity index (χ4v) is 1.64. The molecule has 0 spiro atoms. The third-order valence-corrected chi connectivity index (χ3v) is 2.54. The van der Waals surface area contributed by atoms with Gasteiger partial charge in [0.05, 0.1) is 6.20 Å². The van der Waals surface area contributed by atoms with Crippen molar-refractivity contribution in [2.75, 3.05) is 17.2 Å². The van der Waals surface area contributed by atoms with Crippen LogP contribution in [0.5, 0.6) is 0 Å². The van der Waals surface area contributed by atoms with Crippen LogP contribution in [0.1, 0.15) is 18.9 Å². The van der Waals surface area contributed by atoms with Crippen LogP contribution >= 0.6 is 0 Å². The van der Waals surface area contributed by atoms with Crippen molar-refractivity contribution < 1.29 is 0 Å². The first-order chi connectivity index (χ1) is 8.78. The zero-order valence-electron chi connectivity index (χ0n) is 10.8. The molecular formula is C13H19N5. The van der Waals surface area contributed by atoms with E-state index in [0.29, 0.717) is 0 Å². The molecule has 0 aromatic carbocycles. The highest BCUT2D eigenvalue weighted by Crippen LogP contribution is 2.10. The number of hydrogen-bond acceptors (Lipinski definition) is 4. The summed E-state index contributed by atoms with van der Waals surface area (Å²) in [4.78, 5) is 4.48. The van der Waals surface area contributed by atoms with E-state index >= 15 is 0 Å². The van der Waals surface area contributed by atoms with Gasteiger partial charge in [0.15, 0.2) is 0 Å². The number of nitrogens with zero attached hydrogens (tertiary/aromatic N) is 3. The minimum atomic E-state index is 0.734. The minimum Gasteiger partial charge on any atom is -0.370 e. The Kier molecular flexibility index (Phi) is 4.17. The lowest BCUT2D eigenvalue weighted by atomic mass is 10.3. The van der Waals surface area contributed by atoms with Crippen molar-refractivity contribution in [1.29, 1.82) is 0 Å². The molecule has 18 heavy (non-hydrogen) atoms. The van der Waals surface area contributed by atoms with E-state index in [-0.39, 0.29) is 0 Å². The second-order valence-corrected chi connectivity index (χ2v) is 4.21. The van der Waals surface area contributed by atoms with E-state index in [4.69, 9.17) is 0 Å². The molecule has 2 rings (SSSR count). The second kappa shape index (κ2) is 6.05. The van der Waals surface area contributed by atoms with Crippen molar-refractivity contribution in [2.24, 2.45) is 7.05 Å². The van der Waals surface area contributed by atoms with Crippen LogP contribution in [0.15, 0.2) is 30.6 Å². The zero-order chi connectivity index (χ0) is 12.8. The monoisotopic (exact) mass is 245 g/mol. The summed E-state index contributed by atoms with van der Waals surface area (Å²) in [6.07, 6.45) is 4.94. The van der Waals surface area contributed by atoms with Gasteiger partial charge in [-0.1, -0.05) is 13.0 Å². The average molecular weight is 245 g/mol. The maximum atomic E-state index is 4.48. The van der Waals surface area contributed by atoms with Gasteiger partial charge in [-0.25, -0.2) is 4.98 Å². The lowest BCUT2D eigenvalue weighted by molar-refractivity contribution is 0.767. The summed E-state index contributed by atoms with van der Waals surface area (Å²) in [5.41, 5.74) is 1.14. The lowest BCUT2D eigenvalue weighted by Crippen LogP contribution is -2.05. The van der Waals surface area contributed by atoms with E-state index in [1.807, 2.05) is 37.6 Å². The smallest absolute Gasteiger partial charge is 0.128 e. The summed E-state index contributed by atoms with van der Waals surface area (Å²) in [5.74, 6) is 1.79. The largest absolute Gasteiger partial charge is 0.370 e. The van der Waals surface area contributed by atoms with Crippen LogP contribution in [-0.2, 0) is 13.6 Å². The second-order valence-electron chi connectivity index (χ2n) is 4.21. The maximum Gasteiger partial charge on any atom is 0.128 e. The number of nitrogens with one attached hydrogen (secondary N) is 2. The Labute approximate surface area is 107 Å². The van der Waals surface area contributed by atoms with E-state index in [2.05, 4.69) is 27.6 Å². The lowest BCUT2D eigenvalue weighted by Gasteiger charge is -2.07. The number of hydrogen-bond donors (Lipinski definition) is 2. The van der Waals surface area contributed by atoms with Gasteiger partial charge in [0.2, 0.25) is 0 Å². The first-order valence-corrected chi connectivity index (χ1v) is 6.20. The fraction of sp³-hybridized carbons (Fsp3) is 0.385. The van der Waals surface area contributed by atoms with Crippen molar-refractivity contribution in [3.05, 3.63) is 36.2 Å². The predicted octanol–water partition coefficient (Wildman–Crippen LogP) is 2.25. The van der Waals surface area contributed by atoms with Crippen LogP contribution in [0, 0.1) is 0 Å². The quantitative estimate of drug-likeness (QED) is 0.819. The predicted molar refractivity (Wildman–Crippen MR) is 73.6 cm³/mol. The Morgan fingerprint density at radius 2 is 2.00 bits per heavy atom.